The number of pyridine rings is 1. The minimum Gasteiger partial charge on any atom is -0.328 e. The number of aromatic nitrogens is 1. The number of hydrogen-bond acceptors (Lipinski definition) is 2. The van der Waals surface area contributed by atoms with E-state index in [1.807, 2.05) is 13.0 Å². The number of aromatic amines is 1. The van der Waals surface area contributed by atoms with Crippen molar-refractivity contribution in [3.8, 4) is 0 Å². The van der Waals surface area contributed by atoms with Crippen molar-refractivity contribution < 1.29 is 4.79 Å². The largest absolute Gasteiger partial charge is 0.328 e. The molecule has 0 saturated carbocycles. The molecule has 0 aliphatic rings. The molecule has 98 valence electrons. The molecule has 2 rings (SSSR count). The maximum Gasteiger partial charge on any atom is 0.257 e. The number of hydrogen-bond donors (Lipinski definition) is 2. The van der Waals surface area contributed by atoms with Gasteiger partial charge in [0.2, 0.25) is 5.56 Å². The summed E-state index contributed by atoms with van der Waals surface area (Å²) >= 11 is 9.38. The SMILES string of the molecule is Cc1cc(Br)c(NC(=O)c2ccc(=O)[nH]c2)cc1Cl. The molecule has 0 radical (unpaired) electrons. The van der Waals surface area contributed by atoms with Crippen molar-refractivity contribution in [3.05, 3.63) is 61.4 Å². The number of carbonyl (C=O) groups excluding carboxylic acids is 1. The summed E-state index contributed by atoms with van der Waals surface area (Å²) in [4.78, 5) is 25.4. The lowest BCUT2D eigenvalue weighted by Crippen LogP contribution is -2.14. The van der Waals surface area contributed by atoms with E-state index in [1.165, 1.54) is 18.3 Å². The van der Waals surface area contributed by atoms with Crippen LogP contribution in [0.15, 0.2) is 39.7 Å². The second-order valence-corrected chi connectivity index (χ2v) is 5.24. The molecule has 0 aliphatic carbocycles. The van der Waals surface area contributed by atoms with Crippen LogP contribution in [0, 0.1) is 6.92 Å². The zero-order valence-electron chi connectivity index (χ0n) is 9.96. The van der Waals surface area contributed by atoms with Crippen molar-refractivity contribution in [1.29, 1.82) is 0 Å². The number of amides is 1. The number of rotatable bonds is 2. The van der Waals surface area contributed by atoms with Crippen LogP contribution in [-0.4, -0.2) is 10.9 Å². The first-order valence-corrected chi connectivity index (χ1v) is 6.60. The molecule has 0 bridgehead atoms. The molecule has 0 atom stereocenters. The monoisotopic (exact) mass is 340 g/mol. The third kappa shape index (κ3) is 3.24. The third-order valence-electron chi connectivity index (χ3n) is 2.54. The van der Waals surface area contributed by atoms with Gasteiger partial charge in [-0.05, 0) is 46.6 Å². The number of benzene rings is 1. The van der Waals surface area contributed by atoms with Gasteiger partial charge in [-0.3, -0.25) is 9.59 Å². The summed E-state index contributed by atoms with van der Waals surface area (Å²) in [5.74, 6) is -0.322. The zero-order chi connectivity index (χ0) is 14.0. The number of carbonyl (C=O) groups is 1. The standard InChI is InChI=1S/C13H10BrClN2O2/c1-7-4-9(14)11(5-10(7)15)17-13(19)8-2-3-12(18)16-6-8/h2-6H,1H3,(H,16,18)(H,17,19). The Balaban J connectivity index is 2.26. The van der Waals surface area contributed by atoms with Gasteiger partial charge in [0.05, 0.1) is 11.3 Å². The van der Waals surface area contributed by atoms with Gasteiger partial charge >= 0.3 is 0 Å². The molecule has 2 N–H and O–H groups in total. The molecular formula is C13H10BrClN2O2. The second kappa shape index (κ2) is 5.59. The quantitative estimate of drug-likeness (QED) is 0.880. The van der Waals surface area contributed by atoms with Gasteiger partial charge in [-0.2, -0.15) is 0 Å². The Morgan fingerprint density at radius 1 is 1.37 bits per heavy atom. The molecule has 4 nitrogen and oxygen atoms in total. The van der Waals surface area contributed by atoms with Gasteiger partial charge in [-0.15, -0.1) is 0 Å². The van der Waals surface area contributed by atoms with E-state index in [0.29, 0.717) is 16.3 Å². The molecule has 0 saturated heterocycles. The van der Waals surface area contributed by atoms with Crippen molar-refractivity contribution in [1.82, 2.24) is 4.98 Å². The van der Waals surface area contributed by atoms with E-state index in [0.717, 1.165) is 10.0 Å². The molecule has 0 fully saturated rings. The Bertz CT molecular complexity index is 677. The number of nitrogens with one attached hydrogen (secondary N) is 2. The van der Waals surface area contributed by atoms with Crippen molar-refractivity contribution in [2.75, 3.05) is 5.32 Å². The van der Waals surface area contributed by atoms with Crippen LogP contribution in [0.25, 0.3) is 0 Å². The van der Waals surface area contributed by atoms with E-state index in [9.17, 15) is 9.59 Å². The Morgan fingerprint density at radius 2 is 2.11 bits per heavy atom. The van der Waals surface area contributed by atoms with Gasteiger partial charge in [0.1, 0.15) is 0 Å². The maximum absolute atomic E-state index is 12.0. The molecule has 0 spiro atoms. The highest BCUT2D eigenvalue weighted by Gasteiger charge is 2.10. The van der Waals surface area contributed by atoms with E-state index >= 15 is 0 Å². The average molecular weight is 342 g/mol. The molecule has 0 aliphatic heterocycles. The fraction of sp³-hybridized carbons (Fsp3) is 0.0769. The molecule has 1 aromatic heterocycles. The lowest BCUT2D eigenvalue weighted by molar-refractivity contribution is 0.102. The fourth-order valence-corrected chi connectivity index (χ4v) is 2.21. The number of aryl methyl sites for hydroxylation is 1. The first kappa shape index (κ1) is 13.8. The summed E-state index contributed by atoms with van der Waals surface area (Å²) in [6.45, 7) is 1.88. The topological polar surface area (TPSA) is 62.0 Å². The summed E-state index contributed by atoms with van der Waals surface area (Å²) in [7, 11) is 0. The predicted molar refractivity (Wildman–Crippen MR) is 78.9 cm³/mol. The normalized spacial score (nSPS) is 10.3. The van der Waals surface area contributed by atoms with Crippen LogP contribution < -0.4 is 10.9 Å². The highest BCUT2D eigenvalue weighted by molar-refractivity contribution is 9.10. The highest BCUT2D eigenvalue weighted by atomic mass is 79.9. The summed E-state index contributed by atoms with van der Waals surface area (Å²) in [6, 6.07) is 6.25. The third-order valence-corrected chi connectivity index (χ3v) is 3.61. The molecule has 0 unspecified atom stereocenters. The minimum absolute atomic E-state index is 0.254. The Morgan fingerprint density at radius 3 is 2.74 bits per heavy atom. The zero-order valence-corrected chi connectivity index (χ0v) is 12.3. The van der Waals surface area contributed by atoms with Crippen molar-refractivity contribution in [3.63, 3.8) is 0 Å². The lowest BCUT2D eigenvalue weighted by atomic mass is 10.2. The summed E-state index contributed by atoms with van der Waals surface area (Å²) in [6.07, 6.45) is 1.36. The smallest absolute Gasteiger partial charge is 0.257 e. The predicted octanol–water partition coefficient (Wildman–Crippen LogP) is 3.35. The van der Waals surface area contributed by atoms with E-state index in [-0.39, 0.29) is 11.5 Å². The van der Waals surface area contributed by atoms with Gasteiger partial charge in [-0.1, -0.05) is 11.6 Å². The van der Waals surface area contributed by atoms with Crippen LogP contribution in [0.3, 0.4) is 0 Å². The molecule has 1 heterocycles. The van der Waals surface area contributed by atoms with Crippen LogP contribution >= 0.6 is 27.5 Å². The minimum atomic E-state index is -0.322. The Labute approximate surface area is 122 Å². The fourth-order valence-electron chi connectivity index (χ4n) is 1.49. The number of H-pyrrole nitrogens is 1. The molecule has 1 amide bonds. The Hall–Kier alpha value is -1.59. The number of anilines is 1. The first-order valence-electron chi connectivity index (χ1n) is 5.43. The van der Waals surface area contributed by atoms with Crippen molar-refractivity contribution in [2.45, 2.75) is 6.92 Å². The molecule has 1 aromatic carbocycles. The molecule has 6 heteroatoms. The maximum atomic E-state index is 12.0. The second-order valence-electron chi connectivity index (χ2n) is 3.98. The van der Waals surface area contributed by atoms with Gasteiger partial charge in [0.25, 0.3) is 5.91 Å². The summed E-state index contributed by atoms with van der Waals surface area (Å²) < 4.78 is 0.743. The molecular weight excluding hydrogens is 332 g/mol. The van der Waals surface area contributed by atoms with Crippen LogP contribution in [0.4, 0.5) is 5.69 Å². The van der Waals surface area contributed by atoms with Crippen molar-refractivity contribution in [2.24, 2.45) is 0 Å². The van der Waals surface area contributed by atoms with E-state index < -0.39 is 0 Å². The molecule has 19 heavy (non-hydrogen) atoms. The van der Waals surface area contributed by atoms with Gasteiger partial charge in [-0.25, -0.2) is 0 Å². The van der Waals surface area contributed by atoms with Crippen LogP contribution in [0.1, 0.15) is 15.9 Å². The highest BCUT2D eigenvalue weighted by Crippen LogP contribution is 2.29. The summed E-state index contributed by atoms with van der Waals surface area (Å²) in [5, 5.41) is 3.29. The number of halogens is 2. The van der Waals surface area contributed by atoms with Gasteiger partial charge < -0.3 is 10.3 Å². The van der Waals surface area contributed by atoms with Crippen molar-refractivity contribution >= 4 is 39.1 Å². The van der Waals surface area contributed by atoms with Gasteiger partial charge in [0, 0.05) is 21.8 Å². The van der Waals surface area contributed by atoms with Crippen LogP contribution in [-0.2, 0) is 0 Å². The van der Waals surface area contributed by atoms with E-state index in [1.54, 1.807) is 6.07 Å². The first-order chi connectivity index (χ1) is 8.97. The van der Waals surface area contributed by atoms with E-state index in [4.69, 9.17) is 11.6 Å². The lowest BCUT2D eigenvalue weighted by Gasteiger charge is -2.09. The molecule has 2 aromatic rings. The van der Waals surface area contributed by atoms with Crippen LogP contribution in [0.5, 0.6) is 0 Å². The van der Waals surface area contributed by atoms with E-state index in [2.05, 4.69) is 26.2 Å². The average Bonchev–Trinajstić information content (AvgIpc) is 2.36. The van der Waals surface area contributed by atoms with Gasteiger partial charge in [0.15, 0.2) is 0 Å². The van der Waals surface area contributed by atoms with Crippen LogP contribution in [0.2, 0.25) is 5.02 Å². The summed E-state index contributed by atoms with van der Waals surface area (Å²) in [5.41, 5.74) is 1.60. The Kier molecular flexibility index (Phi) is 4.07.